The zero-order valence-electron chi connectivity index (χ0n) is 10.3. The zero-order valence-corrected chi connectivity index (χ0v) is 10.3. The molecular weight excluding hydrogens is 198 g/mol. The van der Waals surface area contributed by atoms with Crippen LogP contribution in [-0.4, -0.2) is 12.5 Å². The lowest BCUT2D eigenvalue weighted by Crippen LogP contribution is -2.48. The topological polar surface area (TPSA) is 29.1 Å². The lowest BCUT2D eigenvalue weighted by Gasteiger charge is -2.56. The Hall–Kier alpha value is -1.05. The maximum absolute atomic E-state index is 11.0. The van der Waals surface area contributed by atoms with Gasteiger partial charge in [0.2, 0.25) is 5.91 Å². The predicted molar refractivity (Wildman–Crippen MR) is 65.9 cm³/mol. The number of rotatable bonds is 4. The van der Waals surface area contributed by atoms with E-state index in [4.69, 9.17) is 0 Å². The molecule has 3 aliphatic carbocycles. The van der Waals surface area contributed by atoms with Crippen molar-refractivity contribution in [3.05, 3.63) is 24.3 Å². The molecule has 16 heavy (non-hydrogen) atoms. The highest BCUT2D eigenvalue weighted by Crippen LogP contribution is 2.59. The summed E-state index contributed by atoms with van der Waals surface area (Å²) in [7, 11) is 0. The van der Waals surface area contributed by atoms with Crippen LogP contribution in [0.3, 0.4) is 0 Å². The summed E-state index contributed by atoms with van der Waals surface area (Å²) < 4.78 is 0. The number of carbonyl (C=O) groups is 1. The molecule has 1 N–H and O–H groups in total. The van der Waals surface area contributed by atoms with E-state index >= 15 is 0 Å². The van der Waals surface area contributed by atoms with E-state index in [2.05, 4.69) is 31.8 Å². The van der Waals surface area contributed by atoms with Crippen molar-refractivity contribution in [1.29, 1.82) is 0 Å². The van der Waals surface area contributed by atoms with E-state index in [9.17, 15) is 4.79 Å². The van der Waals surface area contributed by atoms with Gasteiger partial charge in [-0.25, -0.2) is 0 Å². The largest absolute Gasteiger partial charge is 0.352 e. The van der Waals surface area contributed by atoms with Crippen LogP contribution in [0.2, 0.25) is 0 Å². The summed E-state index contributed by atoms with van der Waals surface area (Å²) in [5, 5.41) is 2.85. The van der Waals surface area contributed by atoms with Gasteiger partial charge in [-0.2, -0.15) is 0 Å². The van der Waals surface area contributed by atoms with Gasteiger partial charge in [-0.15, -0.1) is 0 Å². The average molecular weight is 219 g/mol. The predicted octanol–water partition coefficient (Wildman–Crippen LogP) is 2.67. The molecule has 88 valence electrons. The van der Waals surface area contributed by atoms with Gasteiger partial charge in [0.25, 0.3) is 0 Å². The molecule has 0 radical (unpaired) electrons. The molecule has 0 aliphatic heterocycles. The molecule has 0 unspecified atom stereocenters. The first-order valence-corrected chi connectivity index (χ1v) is 6.15. The highest BCUT2D eigenvalue weighted by atomic mass is 16.1. The second-order valence-electron chi connectivity index (χ2n) is 5.57. The standard InChI is InChI=1S/C14H21NO/c1-4-13(16)15-8-7-10-5-6-11-9-12(10)14(11,2)3/h4-5,11-12H,1,6-9H2,2-3H3,(H,15,16)/t11-,12-/m0/s1. The Kier molecular flexibility index (Phi) is 2.92. The molecule has 3 rings (SSSR count). The molecule has 0 heterocycles. The number of carbonyl (C=O) groups excluding carboxylic acids is 1. The van der Waals surface area contributed by atoms with E-state index in [-0.39, 0.29) is 5.91 Å². The third-order valence-corrected chi connectivity index (χ3v) is 4.48. The van der Waals surface area contributed by atoms with Crippen molar-refractivity contribution in [1.82, 2.24) is 5.32 Å². The van der Waals surface area contributed by atoms with E-state index in [1.165, 1.54) is 18.9 Å². The summed E-state index contributed by atoms with van der Waals surface area (Å²) in [6, 6.07) is 0. The fourth-order valence-electron chi connectivity index (χ4n) is 3.16. The van der Waals surface area contributed by atoms with Gasteiger partial charge in [0.05, 0.1) is 0 Å². The van der Waals surface area contributed by atoms with Crippen molar-refractivity contribution in [2.24, 2.45) is 17.3 Å². The first kappa shape index (κ1) is 11.4. The summed E-state index contributed by atoms with van der Waals surface area (Å²) in [4.78, 5) is 11.0. The summed E-state index contributed by atoms with van der Waals surface area (Å²) in [5.41, 5.74) is 2.05. The smallest absolute Gasteiger partial charge is 0.243 e. The lowest BCUT2D eigenvalue weighted by atomic mass is 9.48. The average Bonchev–Trinajstić information content (AvgIpc) is 2.28. The third-order valence-electron chi connectivity index (χ3n) is 4.48. The highest BCUT2D eigenvalue weighted by molar-refractivity contribution is 5.86. The van der Waals surface area contributed by atoms with Gasteiger partial charge < -0.3 is 5.32 Å². The molecule has 3 aliphatic rings. The van der Waals surface area contributed by atoms with E-state index < -0.39 is 0 Å². The van der Waals surface area contributed by atoms with Crippen LogP contribution >= 0.6 is 0 Å². The van der Waals surface area contributed by atoms with Crippen molar-refractivity contribution in [2.45, 2.75) is 33.1 Å². The fourth-order valence-corrected chi connectivity index (χ4v) is 3.16. The number of amides is 1. The SMILES string of the molecule is C=CC(=O)NCCC1=CC[C@H]2C[C@@H]1C2(C)C. The third kappa shape index (κ3) is 1.81. The van der Waals surface area contributed by atoms with Crippen molar-refractivity contribution in [3.63, 3.8) is 0 Å². The van der Waals surface area contributed by atoms with E-state index in [0.717, 1.165) is 24.8 Å². The van der Waals surface area contributed by atoms with Crippen LogP contribution in [0.25, 0.3) is 0 Å². The molecular formula is C14H21NO. The van der Waals surface area contributed by atoms with Crippen LogP contribution in [0, 0.1) is 17.3 Å². The first-order chi connectivity index (χ1) is 7.55. The number of hydrogen-bond donors (Lipinski definition) is 1. The van der Waals surface area contributed by atoms with Crippen molar-refractivity contribution >= 4 is 5.91 Å². The molecule has 2 heteroatoms. The molecule has 1 saturated carbocycles. The summed E-state index contributed by atoms with van der Waals surface area (Å²) >= 11 is 0. The lowest BCUT2D eigenvalue weighted by molar-refractivity contribution is -0.116. The molecule has 1 amide bonds. The second-order valence-corrected chi connectivity index (χ2v) is 5.57. The van der Waals surface area contributed by atoms with E-state index in [1.807, 2.05) is 0 Å². The monoisotopic (exact) mass is 219 g/mol. The van der Waals surface area contributed by atoms with Crippen molar-refractivity contribution < 1.29 is 4.79 Å². The minimum Gasteiger partial charge on any atom is -0.352 e. The van der Waals surface area contributed by atoms with Gasteiger partial charge in [-0.1, -0.05) is 32.1 Å². The van der Waals surface area contributed by atoms with Gasteiger partial charge in [-0.05, 0) is 42.6 Å². The van der Waals surface area contributed by atoms with Crippen molar-refractivity contribution in [2.75, 3.05) is 6.54 Å². The van der Waals surface area contributed by atoms with Crippen LogP contribution in [0.4, 0.5) is 0 Å². The van der Waals surface area contributed by atoms with Crippen LogP contribution in [0.15, 0.2) is 24.3 Å². The normalized spacial score (nSPS) is 30.0. The number of fused-ring (bicyclic) bond motifs is 1. The molecule has 0 aromatic rings. The molecule has 0 aromatic carbocycles. The van der Waals surface area contributed by atoms with Crippen LogP contribution < -0.4 is 5.32 Å². The Labute approximate surface area is 97.8 Å². The van der Waals surface area contributed by atoms with Crippen LogP contribution in [-0.2, 0) is 4.79 Å². The van der Waals surface area contributed by atoms with E-state index in [0.29, 0.717) is 5.41 Å². The van der Waals surface area contributed by atoms with E-state index in [1.54, 1.807) is 5.57 Å². The van der Waals surface area contributed by atoms with Gasteiger partial charge in [-0.3, -0.25) is 4.79 Å². The molecule has 0 saturated heterocycles. The van der Waals surface area contributed by atoms with Crippen LogP contribution in [0.5, 0.6) is 0 Å². The quantitative estimate of drug-likeness (QED) is 0.571. The molecule has 0 aromatic heterocycles. The Morgan fingerprint density at radius 3 is 3.00 bits per heavy atom. The van der Waals surface area contributed by atoms with Crippen molar-refractivity contribution in [3.8, 4) is 0 Å². The second kappa shape index (κ2) is 4.08. The minimum atomic E-state index is -0.0674. The highest BCUT2D eigenvalue weighted by Gasteiger charge is 2.50. The number of allylic oxidation sites excluding steroid dienone is 1. The summed E-state index contributed by atoms with van der Waals surface area (Å²) in [5.74, 6) is 1.58. The van der Waals surface area contributed by atoms with Gasteiger partial charge in [0.1, 0.15) is 0 Å². The van der Waals surface area contributed by atoms with Gasteiger partial charge in [0, 0.05) is 6.54 Å². The molecule has 0 spiro atoms. The first-order valence-electron chi connectivity index (χ1n) is 6.15. The Morgan fingerprint density at radius 2 is 2.44 bits per heavy atom. The zero-order chi connectivity index (χ0) is 11.8. The molecule has 2 atom stereocenters. The summed E-state index contributed by atoms with van der Waals surface area (Å²) in [6.07, 6.45) is 7.31. The maximum Gasteiger partial charge on any atom is 0.243 e. The molecule has 2 bridgehead atoms. The number of hydrogen-bond acceptors (Lipinski definition) is 1. The Balaban J connectivity index is 1.85. The molecule has 1 fully saturated rings. The van der Waals surface area contributed by atoms with Gasteiger partial charge >= 0.3 is 0 Å². The van der Waals surface area contributed by atoms with Crippen LogP contribution in [0.1, 0.15) is 33.1 Å². The number of nitrogens with one attached hydrogen (secondary N) is 1. The Bertz CT molecular complexity index is 341. The summed E-state index contributed by atoms with van der Waals surface area (Å²) in [6.45, 7) is 8.94. The minimum absolute atomic E-state index is 0.0674. The van der Waals surface area contributed by atoms with Gasteiger partial charge in [0.15, 0.2) is 0 Å². The molecule has 2 nitrogen and oxygen atoms in total. The fraction of sp³-hybridized carbons (Fsp3) is 0.643. The Morgan fingerprint density at radius 1 is 1.69 bits per heavy atom. The maximum atomic E-state index is 11.0.